The van der Waals surface area contributed by atoms with Crippen LogP contribution in [0.3, 0.4) is 0 Å². The largest absolute Gasteiger partial charge is 0.317 e. The van der Waals surface area contributed by atoms with Gasteiger partial charge in [-0.3, -0.25) is 0 Å². The molecule has 1 N–H and O–H groups in total. The molecule has 0 heterocycles. The normalized spacial score (nSPS) is 52.9. The Morgan fingerprint density at radius 2 is 1.21 bits per heavy atom. The molecule has 4 bridgehead atoms. The first kappa shape index (κ1) is 15.6. The highest BCUT2D eigenvalue weighted by molar-refractivity contribution is 5.85. The fraction of sp³-hybridized carbons (Fsp3) is 1.00. The maximum absolute atomic E-state index is 3.48. The van der Waals surface area contributed by atoms with Crippen molar-refractivity contribution in [1.82, 2.24) is 5.32 Å². The minimum absolute atomic E-state index is 0. The maximum atomic E-state index is 3.48. The summed E-state index contributed by atoms with van der Waals surface area (Å²) in [6.45, 7) is 10.1. The summed E-state index contributed by atoms with van der Waals surface area (Å²) in [5, 5.41) is 3.48. The van der Waals surface area contributed by atoms with Crippen molar-refractivity contribution in [2.75, 3.05) is 7.05 Å². The average Bonchev–Trinajstić information content (AvgIpc) is 2.08. The van der Waals surface area contributed by atoms with Crippen molar-refractivity contribution in [2.45, 2.75) is 78.7 Å². The zero-order valence-corrected chi connectivity index (χ0v) is 14.3. The first-order chi connectivity index (χ1) is 8.20. The highest BCUT2D eigenvalue weighted by Gasteiger charge is 2.63. The Bertz CT molecular complexity index is 311. The smallest absolute Gasteiger partial charge is 0.00410 e. The molecule has 2 heteroatoms. The van der Waals surface area contributed by atoms with E-state index in [1.165, 1.54) is 44.9 Å². The van der Waals surface area contributed by atoms with Gasteiger partial charge in [-0.2, -0.15) is 0 Å². The molecular formula is C17H32ClN. The summed E-state index contributed by atoms with van der Waals surface area (Å²) in [7, 11) is 2.12. The molecule has 4 aliphatic carbocycles. The van der Waals surface area contributed by atoms with Crippen LogP contribution in [0.25, 0.3) is 0 Å². The standard InChI is InChI=1S/C17H31N.ClH/c1-13(18-5)6-17-10-14(2)7-15(3,11-17)9-16(4,8-14)12-17;/h13,18H,6-12H2,1-5H3;1H. The van der Waals surface area contributed by atoms with Crippen LogP contribution in [-0.4, -0.2) is 13.1 Å². The van der Waals surface area contributed by atoms with Crippen LogP contribution in [-0.2, 0) is 0 Å². The molecule has 1 nitrogen and oxygen atoms in total. The molecule has 4 aliphatic rings. The third-order valence-electron chi connectivity index (χ3n) is 6.20. The average molecular weight is 286 g/mol. The number of halogens is 1. The molecule has 19 heavy (non-hydrogen) atoms. The van der Waals surface area contributed by atoms with Crippen molar-refractivity contribution in [3.63, 3.8) is 0 Å². The van der Waals surface area contributed by atoms with Gasteiger partial charge in [-0.15, -0.1) is 12.4 Å². The molecule has 1 atom stereocenters. The lowest BCUT2D eigenvalue weighted by molar-refractivity contribution is -0.187. The summed E-state index contributed by atoms with van der Waals surface area (Å²) >= 11 is 0. The van der Waals surface area contributed by atoms with Gasteiger partial charge in [0.1, 0.15) is 0 Å². The van der Waals surface area contributed by atoms with Crippen molar-refractivity contribution < 1.29 is 0 Å². The van der Waals surface area contributed by atoms with Gasteiger partial charge < -0.3 is 5.32 Å². The summed E-state index contributed by atoms with van der Waals surface area (Å²) in [5.74, 6) is 0. The van der Waals surface area contributed by atoms with Gasteiger partial charge in [0, 0.05) is 6.04 Å². The zero-order chi connectivity index (χ0) is 13.2. The van der Waals surface area contributed by atoms with Gasteiger partial charge in [0.05, 0.1) is 0 Å². The second kappa shape index (κ2) is 4.37. The maximum Gasteiger partial charge on any atom is 0.00410 e. The minimum Gasteiger partial charge on any atom is -0.317 e. The lowest BCUT2D eigenvalue weighted by atomic mass is 9.36. The Morgan fingerprint density at radius 3 is 1.53 bits per heavy atom. The van der Waals surface area contributed by atoms with E-state index in [1.807, 2.05) is 0 Å². The first-order valence-corrected chi connectivity index (χ1v) is 7.87. The minimum atomic E-state index is 0. The Morgan fingerprint density at radius 1 is 0.842 bits per heavy atom. The van der Waals surface area contributed by atoms with Crippen LogP contribution in [0.1, 0.15) is 72.6 Å². The van der Waals surface area contributed by atoms with Crippen LogP contribution >= 0.6 is 12.4 Å². The van der Waals surface area contributed by atoms with Gasteiger partial charge in [0.25, 0.3) is 0 Å². The highest BCUT2D eigenvalue weighted by atomic mass is 35.5. The molecule has 112 valence electrons. The second-order valence-electron chi connectivity index (χ2n) is 9.39. The van der Waals surface area contributed by atoms with Crippen molar-refractivity contribution in [3.8, 4) is 0 Å². The van der Waals surface area contributed by atoms with E-state index in [9.17, 15) is 0 Å². The van der Waals surface area contributed by atoms with Crippen molar-refractivity contribution in [2.24, 2.45) is 21.7 Å². The SMILES string of the molecule is CNC(C)CC12CC3(C)CC(C)(CC(C)(C3)C1)C2.Cl. The molecule has 0 aromatic rings. The fourth-order valence-corrected chi connectivity index (χ4v) is 7.53. The van der Waals surface area contributed by atoms with Crippen molar-refractivity contribution in [1.29, 1.82) is 0 Å². The fourth-order valence-electron chi connectivity index (χ4n) is 7.53. The van der Waals surface area contributed by atoms with Crippen LogP contribution in [0.4, 0.5) is 0 Å². The van der Waals surface area contributed by atoms with E-state index < -0.39 is 0 Å². The monoisotopic (exact) mass is 285 g/mol. The quantitative estimate of drug-likeness (QED) is 0.786. The summed E-state index contributed by atoms with van der Waals surface area (Å²) in [5.41, 5.74) is 2.58. The molecule has 0 amide bonds. The third-order valence-corrected chi connectivity index (χ3v) is 6.20. The highest BCUT2D eigenvalue weighted by Crippen LogP contribution is 2.74. The molecular weight excluding hydrogens is 254 g/mol. The first-order valence-electron chi connectivity index (χ1n) is 7.87. The van der Waals surface area contributed by atoms with Crippen LogP contribution in [0.5, 0.6) is 0 Å². The summed E-state index contributed by atoms with van der Waals surface area (Å²) in [6, 6.07) is 0.678. The van der Waals surface area contributed by atoms with E-state index in [2.05, 4.69) is 40.1 Å². The molecule has 4 saturated carbocycles. The van der Waals surface area contributed by atoms with E-state index in [4.69, 9.17) is 0 Å². The molecule has 1 unspecified atom stereocenters. The second-order valence-corrected chi connectivity index (χ2v) is 9.39. The molecule has 0 radical (unpaired) electrons. The van der Waals surface area contributed by atoms with Gasteiger partial charge in [0.15, 0.2) is 0 Å². The van der Waals surface area contributed by atoms with E-state index in [1.54, 1.807) is 0 Å². The van der Waals surface area contributed by atoms with E-state index in [0.29, 0.717) is 27.7 Å². The Kier molecular flexibility index (Phi) is 3.60. The number of hydrogen-bond donors (Lipinski definition) is 1. The van der Waals surface area contributed by atoms with Crippen molar-refractivity contribution in [3.05, 3.63) is 0 Å². The van der Waals surface area contributed by atoms with Gasteiger partial charge in [-0.25, -0.2) is 0 Å². The summed E-state index contributed by atoms with van der Waals surface area (Å²) in [6.07, 6.45) is 10.4. The molecule has 4 fully saturated rings. The van der Waals surface area contributed by atoms with Crippen LogP contribution in [0.2, 0.25) is 0 Å². The number of rotatable bonds is 3. The predicted molar refractivity (Wildman–Crippen MR) is 84.8 cm³/mol. The van der Waals surface area contributed by atoms with E-state index in [-0.39, 0.29) is 12.4 Å². The van der Waals surface area contributed by atoms with Crippen LogP contribution < -0.4 is 5.32 Å². The molecule has 0 aromatic carbocycles. The summed E-state index contributed by atoms with van der Waals surface area (Å²) in [4.78, 5) is 0. The Labute approximate surface area is 125 Å². The lowest BCUT2D eigenvalue weighted by Gasteiger charge is -2.69. The van der Waals surface area contributed by atoms with Crippen LogP contribution in [0.15, 0.2) is 0 Å². The van der Waals surface area contributed by atoms with Gasteiger partial charge in [0.2, 0.25) is 0 Å². The van der Waals surface area contributed by atoms with Gasteiger partial charge in [-0.1, -0.05) is 20.8 Å². The molecule has 4 rings (SSSR count). The topological polar surface area (TPSA) is 12.0 Å². The third kappa shape index (κ3) is 2.58. The molecule has 0 aliphatic heterocycles. The summed E-state index contributed by atoms with van der Waals surface area (Å²) < 4.78 is 0. The van der Waals surface area contributed by atoms with Crippen molar-refractivity contribution >= 4 is 12.4 Å². The molecule has 0 spiro atoms. The zero-order valence-electron chi connectivity index (χ0n) is 13.4. The van der Waals surface area contributed by atoms with Gasteiger partial charge >= 0.3 is 0 Å². The predicted octanol–water partition coefficient (Wildman–Crippen LogP) is 4.79. The lowest BCUT2D eigenvalue weighted by Crippen LogP contribution is -2.59. The number of hydrogen-bond acceptors (Lipinski definition) is 1. The molecule has 0 aromatic heterocycles. The van der Waals surface area contributed by atoms with Crippen LogP contribution in [0, 0.1) is 21.7 Å². The number of nitrogens with one attached hydrogen (secondary N) is 1. The Hall–Kier alpha value is 0.250. The van der Waals surface area contributed by atoms with E-state index >= 15 is 0 Å². The van der Waals surface area contributed by atoms with E-state index in [0.717, 1.165) is 0 Å². The Balaban J connectivity index is 0.00000133. The molecule has 0 saturated heterocycles. The van der Waals surface area contributed by atoms with Gasteiger partial charge in [-0.05, 0) is 80.6 Å².